The molecule has 2 aromatic heterocycles. The average molecular weight is 446 g/mol. The number of aromatic amines is 1. The zero-order chi connectivity index (χ0) is 20.4. The number of nitrogens with zero attached hydrogens (tertiary/aromatic N) is 3. The zero-order valence-corrected chi connectivity index (χ0v) is 17.5. The van der Waals surface area contributed by atoms with Gasteiger partial charge in [-0.15, -0.1) is 0 Å². The molecule has 0 saturated heterocycles. The van der Waals surface area contributed by atoms with Crippen LogP contribution in [-0.4, -0.2) is 32.8 Å². The van der Waals surface area contributed by atoms with Crippen LogP contribution in [0.2, 0.25) is 0 Å². The van der Waals surface area contributed by atoms with E-state index >= 15 is 0 Å². The van der Waals surface area contributed by atoms with Gasteiger partial charge in [0.25, 0.3) is 11.5 Å². The molecule has 0 fully saturated rings. The number of aryl methyl sites for hydroxylation is 2. The normalized spacial score (nSPS) is 10.8. The highest BCUT2D eigenvalue weighted by atomic mass is 79.9. The molecule has 1 aromatic carbocycles. The predicted octanol–water partition coefficient (Wildman–Crippen LogP) is 3.16. The first-order chi connectivity index (χ1) is 13.3. The first kappa shape index (κ1) is 19.8. The number of ether oxygens (including phenoxy) is 1. The minimum atomic E-state index is -0.351. The number of halogens is 1. The van der Waals surface area contributed by atoms with Crippen LogP contribution in [0.25, 0.3) is 5.95 Å². The molecule has 146 valence electrons. The van der Waals surface area contributed by atoms with E-state index in [0.29, 0.717) is 45.0 Å². The summed E-state index contributed by atoms with van der Waals surface area (Å²) in [6.07, 6.45) is 0.583. The van der Waals surface area contributed by atoms with Crippen LogP contribution in [0.4, 0.5) is 5.82 Å². The van der Waals surface area contributed by atoms with E-state index in [1.807, 2.05) is 6.92 Å². The first-order valence-electron chi connectivity index (χ1n) is 8.65. The van der Waals surface area contributed by atoms with Gasteiger partial charge in [0.15, 0.2) is 0 Å². The van der Waals surface area contributed by atoms with Gasteiger partial charge in [0, 0.05) is 21.8 Å². The van der Waals surface area contributed by atoms with Gasteiger partial charge >= 0.3 is 0 Å². The number of hydrogen-bond acceptors (Lipinski definition) is 5. The largest absolute Gasteiger partial charge is 0.497 e. The average Bonchev–Trinajstić information content (AvgIpc) is 3.02. The molecule has 3 rings (SSSR count). The number of amides is 1. The third-order valence-electron chi connectivity index (χ3n) is 4.26. The molecule has 28 heavy (non-hydrogen) atoms. The van der Waals surface area contributed by atoms with E-state index in [-0.39, 0.29) is 17.4 Å². The van der Waals surface area contributed by atoms with Crippen molar-refractivity contribution in [1.82, 2.24) is 19.7 Å². The second-order valence-electron chi connectivity index (χ2n) is 6.19. The van der Waals surface area contributed by atoms with Crippen molar-refractivity contribution in [2.75, 3.05) is 12.4 Å². The van der Waals surface area contributed by atoms with Crippen LogP contribution in [0.5, 0.6) is 5.75 Å². The molecule has 0 unspecified atom stereocenters. The van der Waals surface area contributed by atoms with Crippen molar-refractivity contribution in [1.29, 1.82) is 0 Å². The lowest BCUT2D eigenvalue weighted by Crippen LogP contribution is -2.22. The lowest BCUT2D eigenvalue weighted by Gasteiger charge is -2.11. The Balaban J connectivity index is 2.00. The maximum absolute atomic E-state index is 12.8. The summed E-state index contributed by atoms with van der Waals surface area (Å²) in [6, 6.07) is 6.83. The summed E-state index contributed by atoms with van der Waals surface area (Å²) >= 11 is 3.38. The molecule has 3 aromatic rings. The Bertz CT molecular complexity index is 1100. The summed E-state index contributed by atoms with van der Waals surface area (Å²) in [4.78, 5) is 32.3. The molecule has 0 saturated carbocycles. The summed E-state index contributed by atoms with van der Waals surface area (Å²) in [5.74, 6) is 0.850. The Hall–Kier alpha value is -2.94. The number of nitrogens with one attached hydrogen (secondary N) is 2. The maximum atomic E-state index is 12.8. The van der Waals surface area contributed by atoms with Crippen molar-refractivity contribution in [3.05, 3.63) is 61.6 Å². The van der Waals surface area contributed by atoms with Gasteiger partial charge in [0.1, 0.15) is 11.6 Å². The highest BCUT2D eigenvalue weighted by Gasteiger charge is 2.17. The fourth-order valence-corrected chi connectivity index (χ4v) is 3.28. The molecule has 0 aliphatic carbocycles. The highest BCUT2D eigenvalue weighted by Crippen LogP contribution is 2.24. The van der Waals surface area contributed by atoms with Crippen molar-refractivity contribution in [3.8, 4) is 11.7 Å². The number of benzene rings is 1. The topological polar surface area (TPSA) is 102 Å². The molecule has 0 spiro atoms. The summed E-state index contributed by atoms with van der Waals surface area (Å²) < 4.78 is 7.23. The van der Waals surface area contributed by atoms with Gasteiger partial charge in [-0.3, -0.25) is 14.6 Å². The molecule has 8 nitrogen and oxygen atoms in total. The van der Waals surface area contributed by atoms with Gasteiger partial charge in [-0.1, -0.05) is 6.92 Å². The van der Waals surface area contributed by atoms with E-state index < -0.39 is 0 Å². The second-order valence-corrected chi connectivity index (χ2v) is 7.04. The summed E-state index contributed by atoms with van der Waals surface area (Å²) in [7, 11) is 1.54. The number of aromatic nitrogens is 4. The Kier molecular flexibility index (Phi) is 5.64. The number of carbonyl (C=O) groups excluding carboxylic acids is 1. The number of H-pyrrole nitrogens is 1. The number of methoxy groups -OCH3 is 1. The smallest absolute Gasteiger partial charge is 0.258 e. The Labute approximate surface area is 170 Å². The monoisotopic (exact) mass is 445 g/mol. The molecule has 9 heteroatoms. The molecular formula is C19H20BrN5O3. The minimum absolute atomic E-state index is 0.217. The van der Waals surface area contributed by atoms with E-state index in [9.17, 15) is 9.59 Å². The first-order valence-corrected chi connectivity index (χ1v) is 9.45. The third kappa shape index (κ3) is 3.84. The van der Waals surface area contributed by atoms with Crippen molar-refractivity contribution < 1.29 is 9.53 Å². The summed E-state index contributed by atoms with van der Waals surface area (Å²) in [5, 5.41) is 7.17. The molecule has 0 radical (unpaired) electrons. The summed E-state index contributed by atoms with van der Waals surface area (Å²) in [6.45, 7) is 5.47. The molecule has 0 aliphatic heterocycles. The quantitative estimate of drug-likeness (QED) is 0.627. The van der Waals surface area contributed by atoms with Crippen molar-refractivity contribution >= 4 is 27.7 Å². The van der Waals surface area contributed by atoms with Crippen molar-refractivity contribution in [2.24, 2.45) is 0 Å². The predicted molar refractivity (Wildman–Crippen MR) is 109 cm³/mol. The standard InChI is InChI=1S/C19H20BrN5O3/c1-5-13-11(3)21-19(23-17(13)26)25-16(8-10(2)24-25)22-18(27)14-9-12(28-4)6-7-15(14)20/h6-9H,5H2,1-4H3,(H,22,27)(H,21,23,26). The van der Waals surface area contributed by atoms with E-state index in [2.05, 4.69) is 36.3 Å². The van der Waals surface area contributed by atoms with Crippen LogP contribution in [0.15, 0.2) is 33.5 Å². The van der Waals surface area contributed by atoms with E-state index in [0.717, 1.165) is 0 Å². The highest BCUT2D eigenvalue weighted by molar-refractivity contribution is 9.10. The van der Waals surface area contributed by atoms with Crippen LogP contribution in [0.3, 0.4) is 0 Å². The molecule has 1 amide bonds. The van der Waals surface area contributed by atoms with Crippen molar-refractivity contribution in [3.63, 3.8) is 0 Å². The van der Waals surface area contributed by atoms with Crippen molar-refractivity contribution in [2.45, 2.75) is 27.2 Å². The van der Waals surface area contributed by atoms with Gasteiger partial charge in [-0.2, -0.15) is 9.78 Å². The third-order valence-corrected chi connectivity index (χ3v) is 4.95. The lowest BCUT2D eigenvalue weighted by molar-refractivity contribution is 0.102. The number of carbonyl (C=O) groups is 1. The fourth-order valence-electron chi connectivity index (χ4n) is 2.85. The molecule has 0 bridgehead atoms. The minimum Gasteiger partial charge on any atom is -0.497 e. The Morgan fingerprint density at radius 1 is 1.32 bits per heavy atom. The van der Waals surface area contributed by atoms with Gasteiger partial charge in [0.05, 0.1) is 18.4 Å². The van der Waals surface area contributed by atoms with Gasteiger partial charge in [-0.05, 0) is 54.4 Å². The molecule has 2 N–H and O–H groups in total. The number of rotatable bonds is 5. The Morgan fingerprint density at radius 3 is 2.71 bits per heavy atom. The summed E-state index contributed by atoms with van der Waals surface area (Å²) in [5.41, 5.74) is 2.11. The number of hydrogen-bond donors (Lipinski definition) is 2. The van der Waals surface area contributed by atoms with E-state index in [1.54, 1.807) is 38.1 Å². The Morgan fingerprint density at radius 2 is 2.07 bits per heavy atom. The molecule has 0 atom stereocenters. The van der Waals surface area contributed by atoms with Crippen LogP contribution < -0.4 is 15.6 Å². The van der Waals surface area contributed by atoms with Crippen LogP contribution in [0, 0.1) is 13.8 Å². The fraction of sp³-hybridized carbons (Fsp3) is 0.263. The second kappa shape index (κ2) is 7.97. The zero-order valence-electron chi connectivity index (χ0n) is 16.0. The number of anilines is 1. The van der Waals surface area contributed by atoms with Crippen LogP contribution >= 0.6 is 15.9 Å². The SMILES string of the molecule is CCc1c(C)nc(-n2nc(C)cc2NC(=O)c2cc(OC)ccc2Br)[nH]c1=O. The van der Waals surface area contributed by atoms with Gasteiger partial charge in [0.2, 0.25) is 5.95 Å². The lowest BCUT2D eigenvalue weighted by atomic mass is 10.2. The van der Waals surface area contributed by atoms with E-state index in [1.165, 1.54) is 11.8 Å². The maximum Gasteiger partial charge on any atom is 0.258 e. The molecule has 0 aliphatic rings. The van der Waals surface area contributed by atoms with Gasteiger partial charge in [-0.25, -0.2) is 4.98 Å². The molecular weight excluding hydrogens is 426 g/mol. The van der Waals surface area contributed by atoms with Crippen LogP contribution in [0.1, 0.15) is 34.2 Å². The van der Waals surface area contributed by atoms with E-state index in [4.69, 9.17) is 4.74 Å². The van der Waals surface area contributed by atoms with Gasteiger partial charge < -0.3 is 10.1 Å². The van der Waals surface area contributed by atoms with Crippen LogP contribution in [-0.2, 0) is 6.42 Å². The molecule has 2 heterocycles.